The number of halogens is 1. The van der Waals surface area contributed by atoms with Gasteiger partial charge in [-0.05, 0) is 18.1 Å². The van der Waals surface area contributed by atoms with Gasteiger partial charge in [-0.25, -0.2) is 0 Å². The first-order valence-electron chi connectivity index (χ1n) is 4.57. The molecule has 3 nitrogen and oxygen atoms in total. The quantitative estimate of drug-likeness (QED) is 0.700. The van der Waals surface area contributed by atoms with Gasteiger partial charge in [0.2, 0.25) is 5.82 Å². The van der Waals surface area contributed by atoms with Gasteiger partial charge in [-0.2, -0.15) is 4.39 Å². The Labute approximate surface area is 87.8 Å². The lowest BCUT2D eigenvalue weighted by atomic mass is 10.1. The van der Waals surface area contributed by atoms with E-state index < -0.39 is 5.82 Å². The van der Waals surface area contributed by atoms with Crippen molar-refractivity contribution >= 4 is 6.29 Å². The van der Waals surface area contributed by atoms with Crippen LogP contribution in [0.1, 0.15) is 12.0 Å². The second-order valence-electron chi connectivity index (χ2n) is 2.98. The molecule has 0 radical (unpaired) electrons. The largest absolute Gasteiger partial charge is 0.494 e. The summed E-state index contributed by atoms with van der Waals surface area (Å²) >= 11 is 0. The van der Waals surface area contributed by atoms with E-state index in [4.69, 9.17) is 9.47 Å². The van der Waals surface area contributed by atoms with Crippen molar-refractivity contribution in [3.05, 3.63) is 23.5 Å². The zero-order valence-electron chi connectivity index (χ0n) is 8.75. The molecule has 0 heterocycles. The van der Waals surface area contributed by atoms with Crippen LogP contribution in [0.2, 0.25) is 0 Å². The van der Waals surface area contributed by atoms with Crippen LogP contribution >= 0.6 is 0 Å². The highest BCUT2D eigenvalue weighted by Crippen LogP contribution is 2.30. The molecule has 0 atom stereocenters. The molecular weight excluding hydrogens is 199 g/mol. The summed E-state index contributed by atoms with van der Waals surface area (Å²) in [6.45, 7) is 0. The van der Waals surface area contributed by atoms with E-state index in [9.17, 15) is 9.18 Å². The fraction of sp³-hybridized carbons (Fsp3) is 0.364. The molecule has 0 aliphatic carbocycles. The molecule has 0 amide bonds. The first-order valence-corrected chi connectivity index (χ1v) is 4.57. The molecule has 1 aromatic rings. The second-order valence-corrected chi connectivity index (χ2v) is 2.98. The number of carbonyl (C=O) groups is 1. The molecule has 0 bridgehead atoms. The van der Waals surface area contributed by atoms with E-state index in [1.165, 1.54) is 20.3 Å². The summed E-state index contributed by atoms with van der Waals surface area (Å²) < 4.78 is 23.4. The van der Waals surface area contributed by atoms with Gasteiger partial charge in [0.05, 0.1) is 14.2 Å². The van der Waals surface area contributed by atoms with Crippen molar-refractivity contribution in [3.63, 3.8) is 0 Å². The molecule has 0 unspecified atom stereocenters. The van der Waals surface area contributed by atoms with Crippen LogP contribution in [0, 0.1) is 5.82 Å². The molecule has 0 aromatic heterocycles. The fourth-order valence-corrected chi connectivity index (χ4v) is 1.37. The average Bonchev–Trinajstić information content (AvgIpc) is 2.26. The Morgan fingerprint density at radius 1 is 1.33 bits per heavy atom. The van der Waals surface area contributed by atoms with Crippen molar-refractivity contribution < 1.29 is 18.7 Å². The molecule has 82 valence electrons. The monoisotopic (exact) mass is 212 g/mol. The third-order valence-electron chi connectivity index (χ3n) is 2.10. The Balaban J connectivity index is 3.06. The van der Waals surface area contributed by atoms with E-state index in [0.717, 1.165) is 6.29 Å². The van der Waals surface area contributed by atoms with Crippen LogP contribution in [-0.2, 0) is 11.2 Å². The predicted octanol–water partition coefficient (Wildman–Crippen LogP) is 1.97. The van der Waals surface area contributed by atoms with Gasteiger partial charge in [0.1, 0.15) is 6.29 Å². The van der Waals surface area contributed by atoms with Gasteiger partial charge in [-0.3, -0.25) is 0 Å². The van der Waals surface area contributed by atoms with Crippen LogP contribution < -0.4 is 9.47 Å². The number of aldehydes is 1. The van der Waals surface area contributed by atoms with Gasteiger partial charge < -0.3 is 14.3 Å². The number of hydrogen-bond donors (Lipinski definition) is 0. The van der Waals surface area contributed by atoms with Crippen LogP contribution in [0.5, 0.6) is 11.5 Å². The van der Waals surface area contributed by atoms with Crippen molar-refractivity contribution in [2.24, 2.45) is 0 Å². The molecule has 0 fully saturated rings. The standard InChI is InChI=1S/C11H13FO3/c1-14-9-6-5-8(4-3-7-13)11(15-2)10(9)12/h5-7H,3-4H2,1-2H3. The van der Waals surface area contributed by atoms with Crippen molar-refractivity contribution in [2.75, 3.05) is 14.2 Å². The molecular formula is C11H13FO3. The lowest BCUT2D eigenvalue weighted by molar-refractivity contribution is -0.107. The fourth-order valence-electron chi connectivity index (χ4n) is 1.37. The number of methoxy groups -OCH3 is 2. The van der Waals surface area contributed by atoms with Gasteiger partial charge in [-0.15, -0.1) is 0 Å². The molecule has 1 rings (SSSR count). The van der Waals surface area contributed by atoms with E-state index >= 15 is 0 Å². The molecule has 0 N–H and O–H groups in total. The van der Waals surface area contributed by atoms with Crippen LogP contribution in [0.15, 0.2) is 12.1 Å². The topological polar surface area (TPSA) is 35.5 Å². The molecule has 0 aliphatic heterocycles. The zero-order valence-corrected chi connectivity index (χ0v) is 8.75. The number of hydrogen-bond acceptors (Lipinski definition) is 3. The first kappa shape index (κ1) is 11.5. The molecule has 1 aromatic carbocycles. The van der Waals surface area contributed by atoms with Gasteiger partial charge in [0, 0.05) is 6.42 Å². The van der Waals surface area contributed by atoms with E-state index in [-0.39, 0.29) is 11.5 Å². The summed E-state index contributed by atoms with van der Waals surface area (Å²) in [6, 6.07) is 3.22. The lowest BCUT2D eigenvalue weighted by Crippen LogP contribution is -1.98. The SMILES string of the molecule is COc1ccc(CCC=O)c(OC)c1F. The smallest absolute Gasteiger partial charge is 0.207 e. The predicted molar refractivity (Wildman–Crippen MR) is 53.9 cm³/mol. The maximum Gasteiger partial charge on any atom is 0.207 e. The van der Waals surface area contributed by atoms with Crippen LogP contribution in [0.3, 0.4) is 0 Å². The summed E-state index contributed by atoms with van der Waals surface area (Å²) in [5.41, 5.74) is 0.669. The number of ether oxygens (including phenoxy) is 2. The molecule has 0 spiro atoms. The van der Waals surface area contributed by atoms with Crippen LogP contribution in [0.25, 0.3) is 0 Å². The highest BCUT2D eigenvalue weighted by atomic mass is 19.1. The third kappa shape index (κ3) is 2.46. The number of benzene rings is 1. The van der Waals surface area contributed by atoms with Gasteiger partial charge in [0.15, 0.2) is 11.5 Å². The number of rotatable bonds is 5. The van der Waals surface area contributed by atoms with Gasteiger partial charge in [0.25, 0.3) is 0 Å². The molecule has 0 aliphatic rings. The Hall–Kier alpha value is -1.58. The Bertz CT molecular complexity index is 350. The Morgan fingerprint density at radius 2 is 2.07 bits per heavy atom. The molecule has 15 heavy (non-hydrogen) atoms. The minimum atomic E-state index is -0.525. The van der Waals surface area contributed by atoms with Gasteiger partial charge >= 0.3 is 0 Å². The van der Waals surface area contributed by atoms with Crippen molar-refractivity contribution in [1.82, 2.24) is 0 Å². The summed E-state index contributed by atoms with van der Waals surface area (Å²) in [5.74, 6) is -0.235. The van der Waals surface area contributed by atoms with E-state index in [0.29, 0.717) is 18.4 Å². The van der Waals surface area contributed by atoms with E-state index in [2.05, 4.69) is 0 Å². The first-order chi connectivity index (χ1) is 7.24. The van der Waals surface area contributed by atoms with E-state index in [1.807, 2.05) is 0 Å². The number of aryl methyl sites for hydroxylation is 1. The van der Waals surface area contributed by atoms with Gasteiger partial charge in [-0.1, -0.05) is 6.07 Å². The second kappa shape index (κ2) is 5.34. The summed E-state index contributed by atoms with van der Waals surface area (Å²) in [6.07, 6.45) is 1.61. The Morgan fingerprint density at radius 3 is 2.60 bits per heavy atom. The highest BCUT2D eigenvalue weighted by Gasteiger charge is 2.13. The molecule has 0 saturated heterocycles. The van der Waals surface area contributed by atoms with Crippen molar-refractivity contribution in [3.8, 4) is 11.5 Å². The van der Waals surface area contributed by atoms with Crippen LogP contribution in [0.4, 0.5) is 4.39 Å². The number of carbonyl (C=O) groups excluding carboxylic acids is 1. The van der Waals surface area contributed by atoms with Crippen molar-refractivity contribution in [2.45, 2.75) is 12.8 Å². The molecule has 4 heteroatoms. The zero-order chi connectivity index (χ0) is 11.3. The molecule has 0 saturated carbocycles. The normalized spacial score (nSPS) is 9.80. The minimum Gasteiger partial charge on any atom is -0.494 e. The minimum absolute atomic E-state index is 0.140. The summed E-state index contributed by atoms with van der Waals surface area (Å²) in [4.78, 5) is 10.2. The highest BCUT2D eigenvalue weighted by molar-refractivity contribution is 5.51. The summed E-state index contributed by atoms with van der Waals surface area (Å²) in [5, 5.41) is 0. The van der Waals surface area contributed by atoms with Crippen molar-refractivity contribution in [1.29, 1.82) is 0 Å². The lowest BCUT2D eigenvalue weighted by Gasteiger charge is -2.10. The third-order valence-corrected chi connectivity index (χ3v) is 2.10. The maximum atomic E-state index is 13.6. The summed E-state index contributed by atoms with van der Waals surface area (Å²) in [7, 11) is 2.78. The average molecular weight is 212 g/mol. The maximum absolute atomic E-state index is 13.6. The Kier molecular flexibility index (Phi) is 4.09. The van der Waals surface area contributed by atoms with E-state index in [1.54, 1.807) is 6.07 Å². The van der Waals surface area contributed by atoms with Crippen LogP contribution in [-0.4, -0.2) is 20.5 Å².